The molecule has 0 aliphatic carbocycles. The van der Waals surface area contributed by atoms with Gasteiger partial charge in [-0.15, -0.1) is 0 Å². The normalized spacial score (nSPS) is 23.1. The summed E-state index contributed by atoms with van der Waals surface area (Å²) in [6.07, 6.45) is 4.44. The molecule has 3 rings (SSSR count). The van der Waals surface area contributed by atoms with Gasteiger partial charge >= 0.3 is 0 Å². The highest BCUT2D eigenvalue weighted by Crippen LogP contribution is 2.37. The summed E-state index contributed by atoms with van der Waals surface area (Å²) in [5.41, 5.74) is 1.54. The third kappa shape index (κ3) is 2.00. The molecule has 1 N–H and O–H groups in total. The first kappa shape index (κ1) is 12.5. The first-order valence-corrected chi connectivity index (χ1v) is 6.98. The summed E-state index contributed by atoms with van der Waals surface area (Å²) >= 11 is 0. The topological polar surface area (TPSA) is 47.3 Å². The molecule has 0 bridgehead atoms. The second-order valence-corrected chi connectivity index (χ2v) is 5.19. The Morgan fingerprint density at radius 3 is 3.05 bits per heavy atom. The summed E-state index contributed by atoms with van der Waals surface area (Å²) in [6, 6.07) is 5.80. The molecule has 2 aromatic rings. The number of ether oxygens (including phenoxy) is 1. The molecule has 0 spiro atoms. The number of fused-ring (bicyclic) bond motifs is 1. The maximum Gasteiger partial charge on any atom is 0.215 e. The van der Waals surface area contributed by atoms with Gasteiger partial charge in [-0.1, -0.05) is 19.4 Å². The van der Waals surface area contributed by atoms with Gasteiger partial charge in [0.1, 0.15) is 5.75 Å². The Kier molecular flexibility index (Phi) is 3.19. The monoisotopic (exact) mass is 260 g/mol. The Morgan fingerprint density at radius 2 is 2.37 bits per heavy atom. The lowest BCUT2D eigenvalue weighted by Gasteiger charge is -2.25. The Balaban J connectivity index is 2.09. The van der Waals surface area contributed by atoms with Crippen LogP contribution in [-0.4, -0.2) is 18.6 Å². The number of nitrogens with one attached hydrogen (secondary N) is 1. The Hall–Kier alpha value is -1.55. The van der Waals surface area contributed by atoms with Gasteiger partial charge in [0.05, 0.1) is 12.6 Å². The number of rotatable bonds is 4. The van der Waals surface area contributed by atoms with E-state index in [2.05, 4.69) is 12.2 Å². The van der Waals surface area contributed by atoms with Crippen molar-refractivity contribution in [2.45, 2.75) is 38.1 Å². The summed E-state index contributed by atoms with van der Waals surface area (Å²) < 4.78 is 11.4. The molecule has 102 valence electrons. The van der Waals surface area contributed by atoms with Crippen LogP contribution >= 0.6 is 0 Å². The van der Waals surface area contributed by atoms with Crippen molar-refractivity contribution in [3.63, 3.8) is 0 Å². The predicted molar refractivity (Wildman–Crippen MR) is 74.4 cm³/mol. The van der Waals surface area contributed by atoms with Crippen LogP contribution in [-0.2, 0) is 5.54 Å². The van der Waals surface area contributed by atoms with Gasteiger partial charge in [0.2, 0.25) is 5.89 Å². The summed E-state index contributed by atoms with van der Waals surface area (Å²) in [6.45, 7) is 3.24. The Labute approximate surface area is 113 Å². The van der Waals surface area contributed by atoms with Crippen LogP contribution in [0, 0.1) is 0 Å². The van der Waals surface area contributed by atoms with E-state index in [-0.39, 0.29) is 5.54 Å². The van der Waals surface area contributed by atoms with Crippen molar-refractivity contribution >= 4 is 11.1 Å². The number of methoxy groups -OCH3 is 1. The lowest BCUT2D eigenvalue weighted by Crippen LogP contribution is -2.36. The van der Waals surface area contributed by atoms with Crippen LogP contribution < -0.4 is 10.1 Å². The zero-order valence-corrected chi connectivity index (χ0v) is 11.5. The summed E-state index contributed by atoms with van der Waals surface area (Å²) in [5, 5.41) is 3.59. The molecule has 1 unspecified atom stereocenters. The molecule has 4 nitrogen and oxygen atoms in total. The van der Waals surface area contributed by atoms with E-state index >= 15 is 0 Å². The number of hydrogen-bond acceptors (Lipinski definition) is 4. The highest BCUT2D eigenvalue weighted by atomic mass is 16.5. The minimum Gasteiger partial charge on any atom is -0.494 e. The predicted octanol–water partition coefficient (Wildman–Crippen LogP) is 3.22. The lowest BCUT2D eigenvalue weighted by atomic mass is 9.92. The molecule has 1 aromatic carbocycles. The number of para-hydroxylation sites is 1. The van der Waals surface area contributed by atoms with Crippen LogP contribution in [0.2, 0.25) is 0 Å². The lowest BCUT2D eigenvalue weighted by molar-refractivity contribution is 0.279. The van der Waals surface area contributed by atoms with Gasteiger partial charge in [-0.05, 0) is 37.9 Å². The van der Waals surface area contributed by atoms with E-state index in [1.165, 1.54) is 6.42 Å². The molecule has 1 fully saturated rings. The van der Waals surface area contributed by atoms with Crippen LogP contribution in [0.3, 0.4) is 0 Å². The number of aromatic nitrogens is 1. The second kappa shape index (κ2) is 4.85. The summed E-state index contributed by atoms with van der Waals surface area (Å²) in [7, 11) is 1.67. The molecule has 1 aliphatic rings. The maximum atomic E-state index is 6.00. The van der Waals surface area contributed by atoms with E-state index in [0.29, 0.717) is 0 Å². The number of nitrogens with zero attached hydrogens (tertiary/aromatic N) is 1. The zero-order chi connectivity index (χ0) is 13.3. The molecule has 1 aromatic heterocycles. The number of benzene rings is 1. The van der Waals surface area contributed by atoms with Gasteiger partial charge in [0, 0.05) is 0 Å². The van der Waals surface area contributed by atoms with E-state index in [1.54, 1.807) is 7.11 Å². The fourth-order valence-corrected chi connectivity index (χ4v) is 3.03. The fraction of sp³-hybridized carbons (Fsp3) is 0.533. The van der Waals surface area contributed by atoms with Gasteiger partial charge in [0.15, 0.2) is 11.1 Å². The first-order chi connectivity index (χ1) is 9.29. The van der Waals surface area contributed by atoms with E-state index in [9.17, 15) is 0 Å². The largest absolute Gasteiger partial charge is 0.494 e. The summed E-state index contributed by atoms with van der Waals surface area (Å²) in [5.74, 6) is 1.59. The van der Waals surface area contributed by atoms with Crippen molar-refractivity contribution in [1.82, 2.24) is 10.3 Å². The van der Waals surface area contributed by atoms with E-state index in [1.807, 2.05) is 18.2 Å². The molecule has 19 heavy (non-hydrogen) atoms. The van der Waals surface area contributed by atoms with E-state index in [0.717, 1.165) is 48.5 Å². The molecule has 0 saturated carbocycles. The zero-order valence-electron chi connectivity index (χ0n) is 11.5. The van der Waals surface area contributed by atoms with Crippen LogP contribution in [0.5, 0.6) is 5.75 Å². The maximum absolute atomic E-state index is 6.00. The second-order valence-electron chi connectivity index (χ2n) is 5.19. The third-order valence-electron chi connectivity index (χ3n) is 3.93. The molecule has 0 amide bonds. The first-order valence-electron chi connectivity index (χ1n) is 6.98. The number of hydrogen-bond donors (Lipinski definition) is 1. The van der Waals surface area contributed by atoms with Crippen molar-refractivity contribution < 1.29 is 9.15 Å². The molecule has 1 saturated heterocycles. The molecule has 1 atom stereocenters. The molecule has 1 aliphatic heterocycles. The molecular weight excluding hydrogens is 240 g/mol. The average Bonchev–Trinajstić information content (AvgIpc) is 3.05. The van der Waals surface area contributed by atoms with Crippen molar-refractivity contribution in [2.24, 2.45) is 0 Å². The van der Waals surface area contributed by atoms with Gasteiger partial charge in [0.25, 0.3) is 0 Å². The Morgan fingerprint density at radius 1 is 1.47 bits per heavy atom. The summed E-state index contributed by atoms with van der Waals surface area (Å²) in [4.78, 5) is 4.70. The van der Waals surface area contributed by atoms with Gasteiger partial charge in [-0.25, -0.2) is 4.98 Å². The van der Waals surface area contributed by atoms with Crippen molar-refractivity contribution in [3.8, 4) is 5.75 Å². The van der Waals surface area contributed by atoms with Gasteiger partial charge in [-0.2, -0.15) is 0 Å². The van der Waals surface area contributed by atoms with Crippen LogP contribution in [0.15, 0.2) is 22.6 Å². The number of oxazole rings is 1. The Bertz CT molecular complexity index is 571. The van der Waals surface area contributed by atoms with Crippen LogP contribution in [0.4, 0.5) is 0 Å². The third-order valence-corrected chi connectivity index (χ3v) is 3.93. The van der Waals surface area contributed by atoms with E-state index in [4.69, 9.17) is 14.1 Å². The fourth-order valence-electron chi connectivity index (χ4n) is 3.03. The molecule has 2 heterocycles. The van der Waals surface area contributed by atoms with Crippen molar-refractivity contribution in [3.05, 3.63) is 24.1 Å². The smallest absolute Gasteiger partial charge is 0.215 e. The minimum absolute atomic E-state index is 0.0845. The van der Waals surface area contributed by atoms with Gasteiger partial charge in [-0.3, -0.25) is 0 Å². The van der Waals surface area contributed by atoms with E-state index < -0.39 is 0 Å². The molecular formula is C15H20N2O2. The minimum atomic E-state index is -0.0845. The average molecular weight is 260 g/mol. The van der Waals surface area contributed by atoms with Crippen molar-refractivity contribution in [1.29, 1.82) is 0 Å². The molecule has 4 heteroatoms. The highest BCUT2D eigenvalue weighted by Gasteiger charge is 2.39. The highest BCUT2D eigenvalue weighted by molar-refractivity contribution is 5.79. The quantitative estimate of drug-likeness (QED) is 0.917. The van der Waals surface area contributed by atoms with Crippen LogP contribution in [0.1, 0.15) is 38.5 Å². The van der Waals surface area contributed by atoms with Crippen LogP contribution in [0.25, 0.3) is 11.1 Å². The molecule has 0 radical (unpaired) electrons. The standard InChI is InChI=1S/C15H20N2O2/c1-3-8-15(9-5-10-16-15)14-17-13-11(18-2)6-4-7-12(13)19-14/h4,6-7,16H,3,5,8-10H2,1-2H3. The van der Waals surface area contributed by atoms with Gasteiger partial charge < -0.3 is 14.5 Å². The SMILES string of the molecule is CCCC1(c2nc3c(OC)cccc3o2)CCCN1. The van der Waals surface area contributed by atoms with Crippen molar-refractivity contribution in [2.75, 3.05) is 13.7 Å².